The highest BCUT2D eigenvalue weighted by molar-refractivity contribution is 5.76. The van der Waals surface area contributed by atoms with Gasteiger partial charge in [-0.25, -0.2) is 0 Å². The summed E-state index contributed by atoms with van der Waals surface area (Å²) in [6, 6.07) is 0. The third-order valence-electron chi connectivity index (χ3n) is 3.19. The number of nitrogens with zero attached hydrogens (tertiary/aromatic N) is 2. The van der Waals surface area contributed by atoms with Gasteiger partial charge in [-0.15, -0.1) is 0 Å². The van der Waals surface area contributed by atoms with Crippen molar-refractivity contribution in [2.24, 2.45) is 0 Å². The number of piperazine rings is 1. The van der Waals surface area contributed by atoms with Gasteiger partial charge in [-0.2, -0.15) is 0 Å². The summed E-state index contributed by atoms with van der Waals surface area (Å²) in [6.07, 6.45) is 3.22. The first-order valence-corrected chi connectivity index (χ1v) is 6.63. The van der Waals surface area contributed by atoms with Gasteiger partial charge in [0.15, 0.2) is 0 Å². The Morgan fingerprint density at radius 1 is 1.06 bits per heavy atom. The van der Waals surface area contributed by atoms with E-state index in [0.717, 1.165) is 45.6 Å². The zero-order valence-corrected chi connectivity index (χ0v) is 11.1. The molecule has 0 bridgehead atoms. The molecule has 1 heterocycles. The highest BCUT2D eigenvalue weighted by atomic mass is 16.2. The minimum atomic E-state index is 0.266. The lowest BCUT2D eigenvalue weighted by Gasteiger charge is -2.34. The molecule has 0 aliphatic carbocycles. The molecule has 4 nitrogen and oxygen atoms in total. The molecule has 98 valence electrons. The van der Waals surface area contributed by atoms with E-state index in [2.05, 4.69) is 4.90 Å². The van der Waals surface area contributed by atoms with E-state index in [1.54, 1.807) is 6.92 Å². The van der Waals surface area contributed by atoms with E-state index < -0.39 is 0 Å². The largest absolute Gasteiger partial charge is 0.340 e. The second kappa shape index (κ2) is 7.43. The van der Waals surface area contributed by atoms with Crippen LogP contribution in [-0.4, -0.2) is 54.2 Å². The van der Waals surface area contributed by atoms with Crippen molar-refractivity contribution in [1.82, 2.24) is 9.80 Å². The molecule has 0 aromatic heterocycles. The molecule has 1 aliphatic heterocycles. The lowest BCUT2D eigenvalue weighted by Crippen LogP contribution is -2.48. The zero-order chi connectivity index (χ0) is 12.7. The fourth-order valence-corrected chi connectivity index (χ4v) is 2.14. The molecule has 1 aliphatic rings. The maximum Gasteiger partial charge on any atom is 0.222 e. The summed E-state index contributed by atoms with van der Waals surface area (Å²) >= 11 is 0. The lowest BCUT2D eigenvalue weighted by molar-refractivity contribution is -0.132. The van der Waals surface area contributed by atoms with Gasteiger partial charge in [-0.3, -0.25) is 9.69 Å². The Bertz CT molecular complexity index is 258. The predicted octanol–water partition coefficient (Wildman–Crippen LogP) is 1.30. The summed E-state index contributed by atoms with van der Waals surface area (Å²) in [5.41, 5.74) is 0. The van der Waals surface area contributed by atoms with E-state index in [1.807, 2.05) is 11.8 Å². The number of amides is 1. The fourth-order valence-electron chi connectivity index (χ4n) is 2.14. The molecular weight excluding hydrogens is 216 g/mol. The van der Waals surface area contributed by atoms with Crippen LogP contribution in [0.1, 0.15) is 39.5 Å². The number of carbonyl (C=O) groups is 2. The summed E-state index contributed by atoms with van der Waals surface area (Å²) < 4.78 is 0. The number of rotatable bonds is 6. The van der Waals surface area contributed by atoms with Crippen molar-refractivity contribution >= 4 is 11.7 Å². The van der Waals surface area contributed by atoms with Crippen molar-refractivity contribution < 1.29 is 9.59 Å². The van der Waals surface area contributed by atoms with Gasteiger partial charge in [0, 0.05) is 39.0 Å². The normalized spacial score (nSPS) is 17.2. The van der Waals surface area contributed by atoms with Gasteiger partial charge in [0.05, 0.1) is 0 Å². The molecule has 1 fully saturated rings. The quantitative estimate of drug-likeness (QED) is 0.702. The van der Waals surface area contributed by atoms with Crippen LogP contribution in [0.15, 0.2) is 0 Å². The molecule has 1 amide bonds. The average molecular weight is 240 g/mol. The first kappa shape index (κ1) is 14.2. The van der Waals surface area contributed by atoms with Crippen molar-refractivity contribution in [1.29, 1.82) is 0 Å². The van der Waals surface area contributed by atoms with Crippen LogP contribution in [0.4, 0.5) is 0 Å². The van der Waals surface area contributed by atoms with Gasteiger partial charge in [0.25, 0.3) is 0 Å². The molecule has 4 heteroatoms. The van der Waals surface area contributed by atoms with Crippen LogP contribution in [0.3, 0.4) is 0 Å². The van der Waals surface area contributed by atoms with Gasteiger partial charge in [0.2, 0.25) is 5.91 Å². The predicted molar refractivity (Wildman–Crippen MR) is 67.8 cm³/mol. The molecule has 1 saturated heterocycles. The van der Waals surface area contributed by atoms with Gasteiger partial charge in [-0.05, 0) is 26.3 Å². The first-order valence-electron chi connectivity index (χ1n) is 6.63. The summed E-state index contributed by atoms with van der Waals surface area (Å²) in [7, 11) is 0. The molecular formula is C13H24N2O2. The Hall–Kier alpha value is -0.900. The minimum absolute atomic E-state index is 0.266. The smallest absolute Gasteiger partial charge is 0.222 e. The molecule has 0 saturated carbocycles. The minimum Gasteiger partial charge on any atom is -0.340 e. The number of Topliss-reactive ketones (excluding diaryl/α,β-unsaturated/α-hetero) is 1. The van der Waals surface area contributed by atoms with Crippen LogP contribution in [-0.2, 0) is 9.59 Å². The Morgan fingerprint density at radius 3 is 2.24 bits per heavy atom. The summed E-state index contributed by atoms with van der Waals surface area (Å²) in [4.78, 5) is 26.8. The summed E-state index contributed by atoms with van der Waals surface area (Å²) in [5.74, 6) is 0.553. The molecule has 0 unspecified atom stereocenters. The van der Waals surface area contributed by atoms with E-state index in [1.165, 1.54) is 0 Å². The fraction of sp³-hybridized carbons (Fsp3) is 0.846. The summed E-state index contributed by atoms with van der Waals surface area (Å²) in [6.45, 7) is 8.26. The molecule has 1 rings (SSSR count). The monoisotopic (exact) mass is 240 g/mol. The first-order chi connectivity index (χ1) is 8.13. The standard InChI is InChI=1S/C13H24N2O2/c1-3-5-13(17)15-10-8-14(9-11-15)7-4-6-12(2)16/h3-11H2,1-2H3. The van der Waals surface area contributed by atoms with E-state index in [0.29, 0.717) is 12.8 Å². The Kier molecular flexibility index (Phi) is 6.19. The van der Waals surface area contributed by atoms with E-state index >= 15 is 0 Å². The molecule has 0 N–H and O–H groups in total. The zero-order valence-electron chi connectivity index (χ0n) is 11.1. The maximum absolute atomic E-state index is 11.7. The topological polar surface area (TPSA) is 40.6 Å². The molecule has 0 aromatic carbocycles. The van der Waals surface area contributed by atoms with Crippen LogP contribution in [0.2, 0.25) is 0 Å². The molecule has 17 heavy (non-hydrogen) atoms. The van der Waals surface area contributed by atoms with Gasteiger partial charge in [0.1, 0.15) is 5.78 Å². The maximum atomic E-state index is 11.7. The number of ketones is 1. The third-order valence-corrected chi connectivity index (χ3v) is 3.19. The highest BCUT2D eigenvalue weighted by Crippen LogP contribution is 2.06. The van der Waals surface area contributed by atoms with E-state index in [-0.39, 0.29) is 11.7 Å². The second-order valence-corrected chi connectivity index (χ2v) is 4.78. The summed E-state index contributed by atoms with van der Waals surface area (Å²) in [5, 5.41) is 0. The van der Waals surface area contributed by atoms with Gasteiger partial charge in [-0.1, -0.05) is 6.92 Å². The van der Waals surface area contributed by atoms with Crippen LogP contribution < -0.4 is 0 Å². The van der Waals surface area contributed by atoms with E-state index in [4.69, 9.17) is 0 Å². The van der Waals surface area contributed by atoms with Crippen LogP contribution in [0, 0.1) is 0 Å². The number of hydrogen-bond donors (Lipinski definition) is 0. The van der Waals surface area contributed by atoms with Gasteiger partial charge >= 0.3 is 0 Å². The van der Waals surface area contributed by atoms with Crippen molar-refractivity contribution in [2.75, 3.05) is 32.7 Å². The van der Waals surface area contributed by atoms with Crippen molar-refractivity contribution in [2.45, 2.75) is 39.5 Å². The van der Waals surface area contributed by atoms with Crippen LogP contribution in [0.25, 0.3) is 0 Å². The van der Waals surface area contributed by atoms with Gasteiger partial charge < -0.3 is 9.69 Å². The van der Waals surface area contributed by atoms with Crippen LogP contribution in [0.5, 0.6) is 0 Å². The SMILES string of the molecule is CCCC(=O)N1CCN(CCCC(C)=O)CC1. The third kappa shape index (κ3) is 5.31. The molecule has 0 aromatic rings. The molecule has 0 radical (unpaired) electrons. The number of carbonyl (C=O) groups excluding carboxylic acids is 2. The van der Waals surface area contributed by atoms with Crippen molar-refractivity contribution in [3.8, 4) is 0 Å². The Balaban J connectivity index is 2.17. The van der Waals surface area contributed by atoms with Crippen molar-refractivity contribution in [3.63, 3.8) is 0 Å². The molecule has 0 atom stereocenters. The highest BCUT2D eigenvalue weighted by Gasteiger charge is 2.19. The van der Waals surface area contributed by atoms with E-state index in [9.17, 15) is 9.59 Å². The average Bonchev–Trinajstić information content (AvgIpc) is 2.30. The second-order valence-electron chi connectivity index (χ2n) is 4.78. The lowest BCUT2D eigenvalue weighted by atomic mass is 10.2. The van der Waals surface area contributed by atoms with Crippen molar-refractivity contribution in [3.05, 3.63) is 0 Å². The van der Waals surface area contributed by atoms with Crippen LogP contribution >= 0.6 is 0 Å². The molecule has 0 spiro atoms. The Morgan fingerprint density at radius 2 is 1.71 bits per heavy atom. The Labute approximate surface area is 104 Å². The number of hydrogen-bond acceptors (Lipinski definition) is 3.